The Morgan fingerprint density at radius 3 is 2.74 bits per heavy atom. The molecule has 0 saturated carbocycles. The molecule has 2 atom stereocenters. The molecule has 2 unspecified atom stereocenters. The number of piperidine rings is 1. The van der Waals surface area contributed by atoms with E-state index in [-0.39, 0.29) is 18.0 Å². The number of likely N-dealkylation sites (tertiary alicyclic amines) is 1. The lowest BCUT2D eigenvalue weighted by atomic mass is 9.98. The minimum atomic E-state index is 0.231. The zero-order valence-corrected chi connectivity index (χ0v) is 12.1. The lowest BCUT2D eigenvalue weighted by Crippen LogP contribution is -2.48. The van der Waals surface area contributed by atoms with Crippen LogP contribution in [0.5, 0.6) is 0 Å². The topological polar surface area (TPSA) is 46.3 Å². The van der Waals surface area contributed by atoms with Crippen molar-refractivity contribution in [2.75, 3.05) is 6.54 Å². The number of hydrogen-bond donors (Lipinski definition) is 1. The van der Waals surface area contributed by atoms with E-state index in [0.29, 0.717) is 6.42 Å². The number of halogens is 1. The van der Waals surface area contributed by atoms with E-state index in [4.69, 9.17) is 17.3 Å². The van der Waals surface area contributed by atoms with Crippen molar-refractivity contribution in [2.24, 2.45) is 5.73 Å². The molecule has 1 aliphatic rings. The molecule has 19 heavy (non-hydrogen) atoms. The third-order valence-corrected chi connectivity index (χ3v) is 4.03. The molecule has 4 heteroatoms. The summed E-state index contributed by atoms with van der Waals surface area (Å²) in [7, 11) is 0. The molecule has 0 radical (unpaired) electrons. The summed E-state index contributed by atoms with van der Waals surface area (Å²) < 4.78 is 0. The Bertz CT molecular complexity index is 432. The summed E-state index contributed by atoms with van der Waals surface area (Å²) in [5.74, 6) is 0.231. The summed E-state index contributed by atoms with van der Waals surface area (Å²) in [6.45, 7) is 2.88. The van der Waals surface area contributed by atoms with Crippen molar-refractivity contribution in [1.29, 1.82) is 0 Å². The Kier molecular flexibility index (Phi) is 4.83. The molecule has 1 amide bonds. The monoisotopic (exact) mass is 280 g/mol. The second-order valence-corrected chi connectivity index (χ2v) is 5.78. The highest BCUT2D eigenvalue weighted by Crippen LogP contribution is 2.18. The molecule has 1 aromatic rings. The van der Waals surface area contributed by atoms with Crippen molar-refractivity contribution in [1.82, 2.24) is 4.90 Å². The Balaban J connectivity index is 1.85. The second kappa shape index (κ2) is 6.40. The van der Waals surface area contributed by atoms with Crippen molar-refractivity contribution < 1.29 is 4.79 Å². The normalized spacial score (nSPS) is 23.4. The number of aryl methyl sites for hydroxylation is 1. The van der Waals surface area contributed by atoms with Crippen LogP contribution in [-0.2, 0) is 11.2 Å². The van der Waals surface area contributed by atoms with Crippen LogP contribution in [0.25, 0.3) is 0 Å². The molecule has 1 saturated heterocycles. The van der Waals surface area contributed by atoms with E-state index in [1.807, 2.05) is 29.2 Å². The number of hydrogen-bond acceptors (Lipinski definition) is 2. The lowest BCUT2D eigenvalue weighted by molar-refractivity contribution is -0.134. The summed E-state index contributed by atoms with van der Waals surface area (Å²) in [6, 6.07) is 8.20. The summed E-state index contributed by atoms with van der Waals surface area (Å²) in [6.07, 6.45) is 3.15. The van der Waals surface area contributed by atoms with E-state index < -0.39 is 0 Å². The number of carbonyl (C=O) groups is 1. The van der Waals surface area contributed by atoms with Crippen molar-refractivity contribution in [2.45, 2.75) is 44.7 Å². The average Bonchev–Trinajstić information content (AvgIpc) is 2.37. The first kappa shape index (κ1) is 14.4. The standard InChI is InChI=1S/C15H21ClN2O/c1-11-10-14(17)8-9-18(11)15(19)7-4-12-2-5-13(16)6-3-12/h2-3,5-6,11,14H,4,7-10,17H2,1H3. The van der Waals surface area contributed by atoms with Gasteiger partial charge in [-0.15, -0.1) is 0 Å². The number of benzene rings is 1. The lowest BCUT2D eigenvalue weighted by Gasteiger charge is -2.36. The van der Waals surface area contributed by atoms with Gasteiger partial charge in [-0.3, -0.25) is 4.79 Å². The van der Waals surface area contributed by atoms with Crippen molar-refractivity contribution >= 4 is 17.5 Å². The van der Waals surface area contributed by atoms with Gasteiger partial charge in [-0.05, 0) is 43.9 Å². The van der Waals surface area contributed by atoms with Gasteiger partial charge in [0.2, 0.25) is 5.91 Å². The van der Waals surface area contributed by atoms with Gasteiger partial charge in [0.15, 0.2) is 0 Å². The summed E-state index contributed by atoms with van der Waals surface area (Å²) in [5, 5.41) is 0.730. The fraction of sp³-hybridized carbons (Fsp3) is 0.533. The van der Waals surface area contributed by atoms with Crippen molar-refractivity contribution in [3.05, 3.63) is 34.9 Å². The molecule has 1 aromatic carbocycles. The van der Waals surface area contributed by atoms with Crippen LogP contribution in [-0.4, -0.2) is 29.4 Å². The van der Waals surface area contributed by atoms with Crippen molar-refractivity contribution in [3.8, 4) is 0 Å². The molecule has 2 N–H and O–H groups in total. The predicted octanol–water partition coefficient (Wildman–Crippen LogP) is 2.61. The van der Waals surface area contributed by atoms with E-state index in [1.54, 1.807) is 0 Å². The van der Waals surface area contributed by atoms with E-state index in [9.17, 15) is 4.79 Å². The minimum Gasteiger partial charge on any atom is -0.340 e. The van der Waals surface area contributed by atoms with Crippen LogP contribution in [0.4, 0.5) is 0 Å². The molecule has 2 rings (SSSR count). The van der Waals surface area contributed by atoms with Gasteiger partial charge in [0.05, 0.1) is 0 Å². The zero-order valence-electron chi connectivity index (χ0n) is 11.3. The molecular weight excluding hydrogens is 260 g/mol. The predicted molar refractivity (Wildman–Crippen MR) is 78.2 cm³/mol. The molecular formula is C15H21ClN2O. The van der Waals surface area contributed by atoms with Crippen LogP contribution in [0, 0.1) is 0 Å². The summed E-state index contributed by atoms with van der Waals surface area (Å²) in [4.78, 5) is 14.2. The van der Waals surface area contributed by atoms with Crippen LogP contribution in [0.3, 0.4) is 0 Å². The highest BCUT2D eigenvalue weighted by atomic mass is 35.5. The molecule has 0 spiro atoms. The molecule has 0 aromatic heterocycles. The maximum atomic E-state index is 12.2. The third kappa shape index (κ3) is 3.95. The molecule has 104 valence electrons. The van der Waals surface area contributed by atoms with Gasteiger partial charge < -0.3 is 10.6 Å². The first-order valence-corrected chi connectivity index (χ1v) is 7.23. The fourth-order valence-corrected chi connectivity index (χ4v) is 2.75. The van der Waals surface area contributed by atoms with Gasteiger partial charge in [-0.1, -0.05) is 23.7 Å². The Morgan fingerprint density at radius 1 is 1.42 bits per heavy atom. The second-order valence-electron chi connectivity index (χ2n) is 5.35. The van der Waals surface area contributed by atoms with Crippen LogP contribution < -0.4 is 5.73 Å². The highest BCUT2D eigenvalue weighted by molar-refractivity contribution is 6.30. The summed E-state index contributed by atoms with van der Waals surface area (Å²) >= 11 is 5.84. The Hall–Kier alpha value is -1.06. The maximum absolute atomic E-state index is 12.2. The molecule has 0 bridgehead atoms. The molecule has 1 heterocycles. The minimum absolute atomic E-state index is 0.231. The number of carbonyl (C=O) groups excluding carboxylic acids is 1. The molecule has 3 nitrogen and oxygen atoms in total. The number of rotatable bonds is 3. The summed E-state index contributed by atoms with van der Waals surface area (Å²) in [5.41, 5.74) is 7.07. The zero-order chi connectivity index (χ0) is 13.8. The molecule has 1 fully saturated rings. The first-order valence-electron chi connectivity index (χ1n) is 6.86. The SMILES string of the molecule is CC1CC(N)CCN1C(=O)CCc1ccc(Cl)cc1. The fourth-order valence-electron chi connectivity index (χ4n) is 2.62. The first-order chi connectivity index (χ1) is 9.06. The van der Waals surface area contributed by atoms with Gasteiger partial charge in [0.1, 0.15) is 0 Å². The van der Waals surface area contributed by atoms with E-state index in [2.05, 4.69) is 6.92 Å². The van der Waals surface area contributed by atoms with Gasteiger partial charge in [-0.2, -0.15) is 0 Å². The van der Waals surface area contributed by atoms with E-state index >= 15 is 0 Å². The number of nitrogens with two attached hydrogens (primary N) is 1. The quantitative estimate of drug-likeness (QED) is 0.925. The van der Waals surface area contributed by atoms with Gasteiger partial charge in [0.25, 0.3) is 0 Å². The van der Waals surface area contributed by atoms with Crippen LogP contribution >= 0.6 is 11.6 Å². The van der Waals surface area contributed by atoms with E-state index in [1.165, 1.54) is 0 Å². The smallest absolute Gasteiger partial charge is 0.223 e. The highest BCUT2D eigenvalue weighted by Gasteiger charge is 2.26. The van der Waals surface area contributed by atoms with Crippen LogP contribution in [0.15, 0.2) is 24.3 Å². The number of amides is 1. The molecule has 1 aliphatic heterocycles. The van der Waals surface area contributed by atoms with Gasteiger partial charge in [-0.25, -0.2) is 0 Å². The van der Waals surface area contributed by atoms with Gasteiger partial charge in [0, 0.05) is 30.1 Å². The van der Waals surface area contributed by atoms with Crippen LogP contribution in [0.1, 0.15) is 31.7 Å². The maximum Gasteiger partial charge on any atom is 0.223 e. The van der Waals surface area contributed by atoms with Gasteiger partial charge >= 0.3 is 0 Å². The van der Waals surface area contributed by atoms with Crippen LogP contribution in [0.2, 0.25) is 5.02 Å². The van der Waals surface area contributed by atoms with E-state index in [0.717, 1.165) is 36.4 Å². The average molecular weight is 281 g/mol. The largest absolute Gasteiger partial charge is 0.340 e. The number of nitrogens with zero attached hydrogens (tertiary/aromatic N) is 1. The Labute approximate surface area is 119 Å². The third-order valence-electron chi connectivity index (χ3n) is 3.78. The van der Waals surface area contributed by atoms with Crippen molar-refractivity contribution in [3.63, 3.8) is 0 Å². The molecule has 0 aliphatic carbocycles. The Morgan fingerprint density at radius 2 is 2.11 bits per heavy atom.